The van der Waals surface area contributed by atoms with Crippen molar-refractivity contribution in [1.29, 1.82) is 0 Å². The molecule has 0 fully saturated rings. The maximum atomic E-state index is 13.0. The second-order valence-electron chi connectivity index (χ2n) is 3.76. The van der Waals surface area contributed by atoms with Crippen LogP contribution >= 0.6 is 12.4 Å². The highest BCUT2D eigenvalue weighted by Crippen LogP contribution is 2.18. The molecule has 108 valence electrons. The lowest BCUT2D eigenvalue weighted by atomic mass is 10.2. The van der Waals surface area contributed by atoms with Crippen LogP contribution in [-0.4, -0.2) is 27.9 Å². The zero-order valence-corrected chi connectivity index (χ0v) is 10.9. The Hall–Kier alpha value is -2.19. The Morgan fingerprint density at radius 1 is 1.55 bits per heavy atom. The van der Waals surface area contributed by atoms with Crippen LogP contribution in [0.5, 0.6) is 0 Å². The molecule has 20 heavy (non-hydrogen) atoms. The van der Waals surface area contributed by atoms with Crippen LogP contribution in [0, 0.1) is 5.82 Å². The lowest BCUT2D eigenvalue weighted by Gasteiger charge is -2.05. The van der Waals surface area contributed by atoms with Crippen molar-refractivity contribution in [1.82, 2.24) is 15.5 Å². The lowest BCUT2D eigenvalue weighted by Crippen LogP contribution is -2.30. The molecule has 1 aromatic carbocycles. The van der Waals surface area contributed by atoms with Gasteiger partial charge in [-0.1, -0.05) is 17.3 Å². The van der Waals surface area contributed by atoms with Crippen LogP contribution in [0.3, 0.4) is 0 Å². The van der Waals surface area contributed by atoms with E-state index in [2.05, 4.69) is 15.5 Å². The minimum absolute atomic E-state index is 0. The molecular weight excluding hydrogens is 291 g/mol. The Kier molecular flexibility index (Phi) is 5.42. The summed E-state index contributed by atoms with van der Waals surface area (Å²) in [5, 5.41) is 14.2. The average Bonchev–Trinajstić information content (AvgIpc) is 2.85. The number of carboxylic acid groups (broad SMARTS) is 1. The first-order valence-electron chi connectivity index (χ1n) is 5.38. The number of benzene rings is 1. The van der Waals surface area contributed by atoms with Crippen molar-refractivity contribution in [2.75, 3.05) is 6.54 Å². The predicted molar refractivity (Wildman–Crippen MR) is 69.9 cm³/mol. The van der Waals surface area contributed by atoms with Crippen molar-refractivity contribution in [3.8, 4) is 11.4 Å². The minimum Gasteiger partial charge on any atom is -0.465 e. The topological polar surface area (TPSA) is 114 Å². The van der Waals surface area contributed by atoms with Crippen molar-refractivity contribution in [3.63, 3.8) is 0 Å². The Bertz CT molecular complexity index is 593. The molecule has 0 radical (unpaired) electrons. The number of halogens is 2. The van der Waals surface area contributed by atoms with Gasteiger partial charge in [-0.2, -0.15) is 4.98 Å². The number of carbonyl (C=O) groups is 1. The lowest BCUT2D eigenvalue weighted by molar-refractivity contribution is 0.193. The number of nitrogens with one attached hydrogen (secondary N) is 1. The number of aromatic nitrogens is 2. The van der Waals surface area contributed by atoms with Gasteiger partial charge >= 0.3 is 6.09 Å². The van der Waals surface area contributed by atoms with Gasteiger partial charge in [0.25, 0.3) is 0 Å². The number of hydrogen-bond acceptors (Lipinski definition) is 5. The first-order valence-corrected chi connectivity index (χ1v) is 5.38. The number of hydrogen-bond donors (Lipinski definition) is 3. The Balaban J connectivity index is 0.00000200. The fourth-order valence-electron chi connectivity index (χ4n) is 1.42. The third kappa shape index (κ3) is 3.90. The summed E-state index contributed by atoms with van der Waals surface area (Å²) in [4.78, 5) is 14.3. The molecule has 9 heteroatoms. The summed E-state index contributed by atoms with van der Waals surface area (Å²) in [6.45, 7) is -0.0554. The molecule has 7 nitrogen and oxygen atoms in total. The van der Waals surface area contributed by atoms with Crippen LogP contribution in [0.1, 0.15) is 11.9 Å². The van der Waals surface area contributed by atoms with Gasteiger partial charge < -0.3 is 20.7 Å². The number of amides is 1. The van der Waals surface area contributed by atoms with E-state index in [0.717, 1.165) is 0 Å². The summed E-state index contributed by atoms with van der Waals surface area (Å²) in [6, 6.07) is 4.94. The average molecular weight is 303 g/mol. The van der Waals surface area contributed by atoms with Crippen molar-refractivity contribution in [3.05, 3.63) is 36.0 Å². The van der Waals surface area contributed by atoms with Gasteiger partial charge in [0.2, 0.25) is 11.7 Å². The third-order valence-electron chi connectivity index (χ3n) is 2.31. The molecular formula is C11H12ClFN4O3. The normalized spacial score (nSPS) is 11.5. The summed E-state index contributed by atoms with van der Waals surface area (Å²) in [7, 11) is 0. The quantitative estimate of drug-likeness (QED) is 0.789. The Morgan fingerprint density at radius 2 is 2.30 bits per heavy atom. The number of rotatable bonds is 4. The van der Waals surface area contributed by atoms with Gasteiger partial charge in [0.15, 0.2) is 0 Å². The fraction of sp³-hybridized carbons (Fsp3) is 0.182. The Labute approximate surface area is 119 Å². The maximum absolute atomic E-state index is 13.0. The van der Waals surface area contributed by atoms with E-state index < -0.39 is 18.0 Å². The molecule has 0 saturated heterocycles. The predicted octanol–water partition coefficient (Wildman–Crippen LogP) is 1.56. The maximum Gasteiger partial charge on any atom is 0.404 e. The molecule has 2 rings (SSSR count). The largest absolute Gasteiger partial charge is 0.465 e. The van der Waals surface area contributed by atoms with Crippen molar-refractivity contribution in [2.45, 2.75) is 6.04 Å². The summed E-state index contributed by atoms with van der Waals surface area (Å²) in [5.41, 5.74) is 6.12. The standard InChI is InChI=1S/C11H11FN4O3.ClH/c12-7-3-1-2-6(4-7)9-15-10(19-16-9)8(13)5-14-11(17)18;/h1-4,8,14H,5,13H2,(H,17,18);1H. The smallest absolute Gasteiger partial charge is 0.404 e. The van der Waals surface area contributed by atoms with E-state index in [1.165, 1.54) is 18.2 Å². The summed E-state index contributed by atoms with van der Waals surface area (Å²) in [5.74, 6) is -0.144. The highest BCUT2D eigenvalue weighted by molar-refractivity contribution is 5.85. The van der Waals surface area contributed by atoms with Crippen molar-refractivity contribution >= 4 is 18.5 Å². The van der Waals surface area contributed by atoms with Crippen LogP contribution < -0.4 is 11.1 Å². The van der Waals surface area contributed by atoms with Crippen LogP contribution in [0.2, 0.25) is 0 Å². The first kappa shape index (κ1) is 15.9. The molecule has 1 atom stereocenters. The minimum atomic E-state index is -1.19. The van der Waals surface area contributed by atoms with E-state index in [-0.39, 0.29) is 30.7 Å². The molecule has 1 unspecified atom stereocenters. The molecule has 0 spiro atoms. The molecule has 0 saturated carbocycles. The van der Waals surface area contributed by atoms with Crippen molar-refractivity contribution < 1.29 is 18.8 Å². The monoisotopic (exact) mass is 302 g/mol. The molecule has 0 aliphatic heterocycles. The van der Waals surface area contributed by atoms with Crippen LogP contribution in [-0.2, 0) is 0 Å². The molecule has 0 aliphatic rings. The summed E-state index contributed by atoms with van der Waals surface area (Å²) < 4.78 is 18.0. The summed E-state index contributed by atoms with van der Waals surface area (Å²) >= 11 is 0. The molecule has 4 N–H and O–H groups in total. The van der Waals surface area contributed by atoms with Gasteiger partial charge in [-0.05, 0) is 12.1 Å². The molecule has 1 amide bonds. The fourth-order valence-corrected chi connectivity index (χ4v) is 1.42. The molecule has 1 heterocycles. The van der Waals surface area contributed by atoms with E-state index >= 15 is 0 Å². The zero-order chi connectivity index (χ0) is 13.8. The molecule has 2 aromatic rings. The van der Waals surface area contributed by atoms with E-state index in [4.69, 9.17) is 15.4 Å². The first-order chi connectivity index (χ1) is 9.06. The van der Waals surface area contributed by atoms with Crippen LogP contribution in [0.15, 0.2) is 28.8 Å². The van der Waals surface area contributed by atoms with Crippen molar-refractivity contribution in [2.24, 2.45) is 5.73 Å². The van der Waals surface area contributed by atoms with E-state index in [0.29, 0.717) is 5.56 Å². The molecule has 1 aromatic heterocycles. The third-order valence-corrected chi connectivity index (χ3v) is 2.31. The Morgan fingerprint density at radius 3 is 2.95 bits per heavy atom. The highest BCUT2D eigenvalue weighted by Gasteiger charge is 2.16. The number of nitrogens with zero attached hydrogens (tertiary/aromatic N) is 2. The van der Waals surface area contributed by atoms with Crippen LogP contribution in [0.4, 0.5) is 9.18 Å². The van der Waals surface area contributed by atoms with Crippen LogP contribution in [0.25, 0.3) is 11.4 Å². The van der Waals surface area contributed by atoms with Gasteiger partial charge in [-0.15, -0.1) is 12.4 Å². The summed E-state index contributed by atoms with van der Waals surface area (Å²) in [6.07, 6.45) is -1.19. The molecule has 0 bridgehead atoms. The van der Waals surface area contributed by atoms with Gasteiger partial charge in [0.05, 0.1) is 0 Å². The number of nitrogens with two attached hydrogens (primary N) is 1. The van der Waals surface area contributed by atoms with E-state index in [9.17, 15) is 9.18 Å². The van der Waals surface area contributed by atoms with Gasteiger partial charge in [-0.25, -0.2) is 9.18 Å². The molecule has 0 aliphatic carbocycles. The van der Waals surface area contributed by atoms with Gasteiger partial charge in [-0.3, -0.25) is 0 Å². The zero-order valence-electron chi connectivity index (χ0n) is 10.1. The van der Waals surface area contributed by atoms with Gasteiger partial charge in [0.1, 0.15) is 11.9 Å². The SMILES string of the molecule is Cl.NC(CNC(=O)O)c1nc(-c2cccc(F)c2)no1. The van der Waals surface area contributed by atoms with Gasteiger partial charge in [0, 0.05) is 12.1 Å². The second-order valence-corrected chi connectivity index (χ2v) is 3.76. The highest BCUT2D eigenvalue weighted by atomic mass is 35.5. The van der Waals surface area contributed by atoms with E-state index in [1.807, 2.05) is 0 Å². The second kappa shape index (κ2) is 6.83. The van der Waals surface area contributed by atoms with E-state index in [1.54, 1.807) is 6.07 Å².